The van der Waals surface area contributed by atoms with Crippen LogP contribution in [0.5, 0.6) is 11.6 Å². The highest BCUT2D eigenvalue weighted by Gasteiger charge is 2.63. The van der Waals surface area contributed by atoms with Crippen molar-refractivity contribution in [3.8, 4) is 11.6 Å². The number of benzene rings is 1. The fourth-order valence-electron chi connectivity index (χ4n) is 6.43. The number of hydrogen-bond acceptors (Lipinski definition) is 9. The van der Waals surface area contributed by atoms with Gasteiger partial charge in [0.25, 0.3) is 5.91 Å². The number of carbonyl (C=O) groups is 4. The number of aromatic nitrogens is 1. The maximum absolute atomic E-state index is 14.1. The Bertz CT molecular complexity index is 1750. The maximum atomic E-state index is 14.1. The molecule has 1 aromatic heterocycles. The highest BCUT2D eigenvalue weighted by molar-refractivity contribution is 7.91. The van der Waals surface area contributed by atoms with Crippen molar-refractivity contribution in [3.63, 3.8) is 0 Å². The summed E-state index contributed by atoms with van der Waals surface area (Å²) >= 11 is 0. The molecule has 2 saturated carbocycles. The first-order valence-corrected chi connectivity index (χ1v) is 17.4. The first-order valence-electron chi connectivity index (χ1n) is 15.9. The molecule has 48 heavy (non-hydrogen) atoms. The Hall–Kier alpha value is -4.40. The largest absolute Gasteiger partial charge is 0.497 e. The van der Waals surface area contributed by atoms with Crippen LogP contribution < -0.4 is 24.8 Å². The lowest BCUT2D eigenvalue weighted by atomic mass is 9.85. The van der Waals surface area contributed by atoms with Gasteiger partial charge in [-0.15, -0.1) is 6.58 Å². The lowest BCUT2D eigenvalue weighted by molar-refractivity contribution is -0.142. The number of carbonyl (C=O) groups excluding carboxylic acids is 3. The Morgan fingerprint density at radius 2 is 1.92 bits per heavy atom. The molecular formula is C33H43N5O9S. The van der Waals surface area contributed by atoms with Crippen LogP contribution in [0.1, 0.15) is 59.8 Å². The van der Waals surface area contributed by atoms with Crippen molar-refractivity contribution in [3.05, 3.63) is 43.1 Å². The van der Waals surface area contributed by atoms with Crippen LogP contribution in [-0.2, 0) is 24.4 Å². The van der Waals surface area contributed by atoms with Crippen LogP contribution in [0.15, 0.2) is 43.1 Å². The summed E-state index contributed by atoms with van der Waals surface area (Å²) in [4.78, 5) is 59.1. The third-order valence-corrected chi connectivity index (χ3v) is 12.0. The second-order valence-electron chi connectivity index (χ2n) is 13.9. The third-order valence-electron chi connectivity index (χ3n) is 9.74. The Balaban J connectivity index is 1.43. The van der Waals surface area contributed by atoms with Crippen LogP contribution >= 0.6 is 0 Å². The van der Waals surface area contributed by atoms with Crippen LogP contribution in [0, 0.1) is 11.3 Å². The van der Waals surface area contributed by atoms with E-state index in [9.17, 15) is 32.7 Å². The van der Waals surface area contributed by atoms with E-state index in [2.05, 4.69) is 26.9 Å². The van der Waals surface area contributed by atoms with Crippen LogP contribution in [-0.4, -0.2) is 89.4 Å². The summed E-state index contributed by atoms with van der Waals surface area (Å²) in [5.74, 6) is -1.86. The van der Waals surface area contributed by atoms with Gasteiger partial charge in [-0.3, -0.25) is 19.1 Å². The summed E-state index contributed by atoms with van der Waals surface area (Å²) in [5.41, 5.74) is -2.45. The Labute approximate surface area is 279 Å². The molecule has 15 heteroatoms. The van der Waals surface area contributed by atoms with Gasteiger partial charge in [0.05, 0.1) is 18.4 Å². The molecule has 14 nitrogen and oxygen atoms in total. The highest BCUT2D eigenvalue weighted by Crippen LogP contribution is 2.48. The molecular weight excluding hydrogens is 642 g/mol. The molecule has 0 bridgehead atoms. The molecule has 1 aromatic carbocycles. The predicted molar refractivity (Wildman–Crippen MR) is 176 cm³/mol. The van der Waals surface area contributed by atoms with Gasteiger partial charge in [0, 0.05) is 23.9 Å². The van der Waals surface area contributed by atoms with Crippen LogP contribution in [0.2, 0.25) is 0 Å². The van der Waals surface area contributed by atoms with Crippen molar-refractivity contribution in [2.24, 2.45) is 11.3 Å². The molecule has 0 radical (unpaired) electrons. The number of likely N-dealkylation sites (tertiary alicyclic amines) is 1. The van der Waals surface area contributed by atoms with Gasteiger partial charge in [0.15, 0.2) is 0 Å². The summed E-state index contributed by atoms with van der Waals surface area (Å²) in [6, 6.07) is 4.74. The molecule has 5 unspecified atom stereocenters. The maximum Gasteiger partial charge on any atom is 0.405 e. The van der Waals surface area contributed by atoms with Crippen molar-refractivity contribution in [2.75, 3.05) is 13.7 Å². The molecule has 5 atom stereocenters. The number of hydrogen-bond donors (Lipinski definition) is 4. The molecule has 1 saturated heterocycles. The van der Waals surface area contributed by atoms with Gasteiger partial charge in [0.2, 0.25) is 27.7 Å². The van der Waals surface area contributed by atoms with Gasteiger partial charge in [-0.1, -0.05) is 33.8 Å². The summed E-state index contributed by atoms with van der Waals surface area (Å²) in [6.07, 6.45) is 2.24. The monoisotopic (exact) mass is 685 g/mol. The summed E-state index contributed by atoms with van der Waals surface area (Å²) < 4.78 is 39.0. The minimum absolute atomic E-state index is 0.0105. The summed E-state index contributed by atoms with van der Waals surface area (Å²) in [6.45, 7) is 10.5. The molecule has 3 aliphatic rings. The molecule has 4 N–H and O–H groups in total. The number of methoxy groups -OCH3 is 1. The number of rotatable bonds is 12. The van der Waals surface area contributed by atoms with E-state index in [1.54, 1.807) is 59.2 Å². The van der Waals surface area contributed by atoms with Crippen molar-refractivity contribution in [2.45, 2.75) is 88.3 Å². The Morgan fingerprint density at radius 3 is 2.48 bits per heavy atom. The second kappa shape index (κ2) is 12.6. The Morgan fingerprint density at radius 1 is 1.21 bits per heavy atom. The minimum atomic E-state index is -4.01. The summed E-state index contributed by atoms with van der Waals surface area (Å²) in [5, 5.41) is 16.0. The zero-order valence-corrected chi connectivity index (χ0v) is 28.6. The number of sulfonamides is 1. The van der Waals surface area contributed by atoms with Gasteiger partial charge in [-0.05, 0) is 60.7 Å². The number of nitrogens with one attached hydrogen (secondary N) is 3. The summed E-state index contributed by atoms with van der Waals surface area (Å²) in [7, 11) is -2.45. The predicted octanol–water partition coefficient (Wildman–Crippen LogP) is 2.72. The average molecular weight is 686 g/mol. The molecule has 2 aliphatic carbocycles. The SMILES string of the molecule is C=CC1CC1(NC(=O)C1CC(Oc2nccc3cc(OC)ccc23)CN1C(=O)C(NC(=O)O)C(C)(C)C)C(=O)NS(=O)(=O)C1(CC)CC1. The van der Waals surface area contributed by atoms with Crippen LogP contribution in [0.3, 0.4) is 0 Å². The molecule has 4 amide bonds. The number of ether oxygens (including phenoxy) is 2. The second-order valence-corrected chi connectivity index (χ2v) is 16.0. The van der Waals surface area contributed by atoms with Gasteiger partial charge in [-0.2, -0.15) is 0 Å². The zero-order valence-electron chi connectivity index (χ0n) is 27.7. The lowest BCUT2D eigenvalue weighted by Crippen LogP contribution is -2.60. The standard InChI is InChI=1S/C33H43N5O9S/c1-7-20-17-33(20,29(41)37-48(44,45)32(8-2)12-13-32)36-26(39)24-16-22(18-38(24)28(40)25(31(3,4)5)35-30(42)43)47-27-23-10-9-21(46-6)15-19(23)11-14-34-27/h7,9-11,14-15,20,22,24-25,35H,1,8,12-13,16-18H2,2-6H3,(H,36,39)(H,37,41)(H,42,43). The molecule has 0 spiro atoms. The molecule has 5 rings (SSSR count). The first kappa shape index (κ1) is 34.9. The van der Waals surface area contributed by atoms with Crippen molar-refractivity contribution in [1.82, 2.24) is 25.2 Å². The van der Waals surface area contributed by atoms with Crippen molar-refractivity contribution >= 4 is 44.6 Å². The van der Waals surface area contributed by atoms with Crippen LogP contribution in [0.4, 0.5) is 4.79 Å². The van der Waals surface area contributed by atoms with E-state index in [1.165, 1.54) is 11.0 Å². The highest BCUT2D eigenvalue weighted by atomic mass is 32.2. The van der Waals surface area contributed by atoms with E-state index in [1.807, 2.05) is 6.07 Å². The van der Waals surface area contributed by atoms with Gasteiger partial charge < -0.3 is 30.1 Å². The number of nitrogens with zero attached hydrogens (tertiary/aromatic N) is 2. The van der Waals surface area contributed by atoms with Crippen LogP contribution in [0.25, 0.3) is 10.8 Å². The number of amides is 4. The smallest absolute Gasteiger partial charge is 0.405 e. The van der Waals surface area contributed by atoms with Gasteiger partial charge in [0.1, 0.15) is 29.5 Å². The van der Waals surface area contributed by atoms with E-state index < -0.39 is 73.6 Å². The fourth-order valence-corrected chi connectivity index (χ4v) is 8.09. The first-order chi connectivity index (χ1) is 22.5. The van der Waals surface area contributed by atoms with E-state index in [-0.39, 0.29) is 25.3 Å². The number of pyridine rings is 1. The fraction of sp³-hybridized carbons (Fsp3) is 0.545. The number of carboxylic acid groups (broad SMARTS) is 1. The van der Waals surface area contributed by atoms with E-state index in [0.717, 1.165) is 5.39 Å². The molecule has 260 valence electrons. The quantitative estimate of drug-likeness (QED) is 0.242. The molecule has 3 fully saturated rings. The van der Waals surface area contributed by atoms with Gasteiger partial charge >= 0.3 is 6.09 Å². The average Bonchev–Trinajstić information content (AvgIpc) is 3.93. The lowest BCUT2D eigenvalue weighted by Gasteiger charge is -2.35. The topological polar surface area (TPSA) is 193 Å². The molecule has 2 heterocycles. The normalized spacial score (nSPS) is 25.0. The minimum Gasteiger partial charge on any atom is -0.497 e. The molecule has 2 aromatic rings. The van der Waals surface area contributed by atoms with Crippen molar-refractivity contribution in [1.29, 1.82) is 0 Å². The third kappa shape index (κ3) is 6.51. The Kier molecular flexibility index (Phi) is 9.14. The zero-order chi connectivity index (χ0) is 35.2. The van der Waals surface area contributed by atoms with E-state index in [4.69, 9.17) is 9.47 Å². The number of fused-ring (bicyclic) bond motifs is 1. The van der Waals surface area contributed by atoms with Crippen molar-refractivity contribution < 1.29 is 42.2 Å². The van der Waals surface area contributed by atoms with Gasteiger partial charge in [-0.25, -0.2) is 18.2 Å². The van der Waals surface area contributed by atoms with E-state index >= 15 is 0 Å². The molecule has 1 aliphatic heterocycles. The van der Waals surface area contributed by atoms with E-state index in [0.29, 0.717) is 30.4 Å².